The van der Waals surface area contributed by atoms with Gasteiger partial charge in [-0.05, 0) is 42.0 Å². The lowest BCUT2D eigenvalue weighted by Gasteiger charge is -2.45. The molecule has 114 valence electrons. The van der Waals surface area contributed by atoms with Gasteiger partial charge in [-0.15, -0.1) is 0 Å². The highest BCUT2D eigenvalue weighted by Gasteiger charge is 2.46. The van der Waals surface area contributed by atoms with Crippen LogP contribution in [0.1, 0.15) is 11.6 Å². The van der Waals surface area contributed by atoms with Crippen LogP contribution in [-0.2, 0) is 4.79 Å². The van der Waals surface area contributed by atoms with E-state index in [0.29, 0.717) is 0 Å². The molecule has 0 aromatic heterocycles. The molecule has 0 aliphatic carbocycles. The Kier molecular flexibility index (Phi) is 3.98. The van der Waals surface area contributed by atoms with Crippen molar-refractivity contribution in [2.45, 2.75) is 11.3 Å². The van der Waals surface area contributed by atoms with E-state index in [1.165, 1.54) is 0 Å². The summed E-state index contributed by atoms with van der Waals surface area (Å²) in [7, 11) is 3.25. The first-order valence-corrected chi connectivity index (χ1v) is 7.46. The molecule has 4 nitrogen and oxygen atoms in total. The molecule has 2 aromatic carbocycles. The molecule has 0 radical (unpaired) electrons. The summed E-state index contributed by atoms with van der Waals surface area (Å²) in [5, 5.41) is -0.324. The zero-order chi connectivity index (χ0) is 15.7. The summed E-state index contributed by atoms with van der Waals surface area (Å²) in [4.78, 5) is 14.0. The highest BCUT2D eigenvalue weighted by molar-refractivity contribution is 7.82. The van der Waals surface area contributed by atoms with Crippen molar-refractivity contribution >= 4 is 24.2 Å². The Hall–Kier alpha value is -2.14. The van der Waals surface area contributed by atoms with Crippen molar-refractivity contribution in [2.24, 2.45) is 0 Å². The van der Waals surface area contributed by atoms with Gasteiger partial charge in [0, 0.05) is 5.69 Å². The number of ether oxygens (including phenoxy) is 2. The van der Waals surface area contributed by atoms with Gasteiger partial charge in [-0.3, -0.25) is 4.79 Å². The second kappa shape index (κ2) is 5.93. The van der Waals surface area contributed by atoms with E-state index in [9.17, 15) is 4.79 Å². The second-order valence-electron chi connectivity index (χ2n) is 5.07. The number of hydrogen-bond donors (Lipinski definition) is 1. The van der Waals surface area contributed by atoms with Crippen LogP contribution in [0.4, 0.5) is 5.69 Å². The summed E-state index contributed by atoms with van der Waals surface area (Å²) < 4.78 is 10.3. The van der Waals surface area contributed by atoms with Crippen molar-refractivity contribution in [1.29, 1.82) is 0 Å². The zero-order valence-corrected chi connectivity index (χ0v) is 13.3. The average Bonchev–Trinajstić information content (AvgIpc) is 2.59. The molecule has 5 heteroatoms. The van der Waals surface area contributed by atoms with Crippen molar-refractivity contribution in [3.63, 3.8) is 0 Å². The second-order valence-corrected chi connectivity index (χ2v) is 5.63. The molecule has 2 unspecified atom stereocenters. The normalized spacial score (nSPS) is 20.5. The lowest BCUT2D eigenvalue weighted by molar-refractivity contribution is -0.123. The maximum absolute atomic E-state index is 12.2. The van der Waals surface area contributed by atoms with Crippen LogP contribution in [0.15, 0.2) is 48.5 Å². The molecule has 0 saturated carbocycles. The molecule has 1 saturated heterocycles. The van der Waals surface area contributed by atoms with E-state index < -0.39 is 0 Å². The first kappa shape index (κ1) is 14.8. The Morgan fingerprint density at radius 2 is 1.41 bits per heavy atom. The monoisotopic (exact) mass is 315 g/mol. The van der Waals surface area contributed by atoms with Gasteiger partial charge >= 0.3 is 0 Å². The molecular formula is C17H17NO3S. The van der Waals surface area contributed by atoms with Gasteiger partial charge in [0.25, 0.3) is 0 Å². The number of hydrogen-bond acceptors (Lipinski definition) is 4. The number of carbonyl (C=O) groups excluding carboxylic acids is 1. The van der Waals surface area contributed by atoms with Crippen LogP contribution in [0, 0.1) is 0 Å². The molecular weight excluding hydrogens is 298 g/mol. The molecule has 2 atom stereocenters. The summed E-state index contributed by atoms with van der Waals surface area (Å²) in [6.07, 6.45) is 0. The zero-order valence-electron chi connectivity index (χ0n) is 12.4. The van der Waals surface area contributed by atoms with E-state index in [1.54, 1.807) is 19.1 Å². The first-order valence-electron chi connectivity index (χ1n) is 6.95. The molecule has 0 N–H and O–H groups in total. The standard InChI is InChI=1S/C17H17NO3S/c1-20-13-7-3-11(4-8-13)15-16(22)17(19)18(15)12-5-9-14(21-2)10-6-12/h3-10,15-16,22H,1-2H3. The Morgan fingerprint density at radius 3 is 1.91 bits per heavy atom. The summed E-state index contributed by atoms with van der Waals surface area (Å²) in [6, 6.07) is 15.1. The Labute approximate surface area is 135 Å². The van der Waals surface area contributed by atoms with Crippen molar-refractivity contribution in [3.8, 4) is 11.5 Å². The molecule has 1 aliphatic rings. The lowest BCUT2D eigenvalue weighted by atomic mass is 9.92. The fourth-order valence-electron chi connectivity index (χ4n) is 2.64. The van der Waals surface area contributed by atoms with Gasteiger partial charge in [0.2, 0.25) is 5.91 Å². The minimum Gasteiger partial charge on any atom is -0.497 e. The summed E-state index contributed by atoms with van der Waals surface area (Å²) in [5.74, 6) is 1.57. The molecule has 0 spiro atoms. The van der Waals surface area contributed by atoms with Gasteiger partial charge < -0.3 is 14.4 Å². The van der Waals surface area contributed by atoms with Crippen molar-refractivity contribution in [3.05, 3.63) is 54.1 Å². The fraction of sp³-hybridized carbons (Fsp3) is 0.235. The number of methoxy groups -OCH3 is 2. The minimum atomic E-state index is -0.324. The van der Waals surface area contributed by atoms with Gasteiger partial charge in [0.15, 0.2) is 0 Å². The van der Waals surface area contributed by atoms with Crippen LogP contribution >= 0.6 is 12.6 Å². The highest BCUT2D eigenvalue weighted by atomic mass is 32.1. The Balaban J connectivity index is 1.89. The third-order valence-corrected chi connectivity index (χ3v) is 4.38. The smallest absolute Gasteiger partial charge is 0.242 e. The maximum Gasteiger partial charge on any atom is 0.242 e. The van der Waals surface area contributed by atoms with Crippen LogP contribution < -0.4 is 14.4 Å². The minimum absolute atomic E-state index is 0.00863. The van der Waals surface area contributed by atoms with Crippen LogP contribution in [0.25, 0.3) is 0 Å². The molecule has 22 heavy (non-hydrogen) atoms. The summed E-state index contributed by atoms with van der Waals surface area (Å²) >= 11 is 4.44. The molecule has 1 amide bonds. The third kappa shape index (κ3) is 2.41. The highest BCUT2D eigenvalue weighted by Crippen LogP contribution is 2.42. The number of rotatable bonds is 4. The average molecular weight is 315 g/mol. The van der Waals surface area contributed by atoms with E-state index in [0.717, 1.165) is 22.7 Å². The topological polar surface area (TPSA) is 38.8 Å². The number of benzene rings is 2. The molecule has 1 fully saturated rings. The fourth-order valence-corrected chi connectivity index (χ4v) is 3.07. The first-order chi connectivity index (χ1) is 10.7. The van der Waals surface area contributed by atoms with E-state index in [4.69, 9.17) is 9.47 Å². The molecule has 2 aromatic rings. The number of amides is 1. The predicted octanol–water partition coefficient (Wildman–Crippen LogP) is 3.09. The summed E-state index contributed by atoms with van der Waals surface area (Å²) in [6.45, 7) is 0. The number of carbonyl (C=O) groups is 1. The maximum atomic E-state index is 12.2. The van der Waals surface area contributed by atoms with Crippen LogP contribution in [-0.4, -0.2) is 25.4 Å². The molecule has 1 heterocycles. The van der Waals surface area contributed by atoms with E-state index >= 15 is 0 Å². The van der Waals surface area contributed by atoms with Gasteiger partial charge in [0.05, 0.1) is 20.3 Å². The molecule has 3 rings (SSSR count). The van der Waals surface area contributed by atoms with Gasteiger partial charge in [-0.25, -0.2) is 0 Å². The van der Waals surface area contributed by atoms with Gasteiger partial charge in [0.1, 0.15) is 16.7 Å². The van der Waals surface area contributed by atoms with Crippen LogP contribution in [0.3, 0.4) is 0 Å². The Bertz CT molecular complexity index is 669. The van der Waals surface area contributed by atoms with Crippen molar-refractivity contribution < 1.29 is 14.3 Å². The number of thiol groups is 1. The van der Waals surface area contributed by atoms with Crippen molar-refractivity contribution in [2.75, 3.05) is 19.1 Å². The summed E-state index contributed by atoms with van der Waals surface area (Å²) in [5.41, 5.74) is 1.88. The van der Waals surface area contributed by atoms with E-state index in [2.05, 4.69) is 12.6 Å². The van der Waals surface area contributed by atoms with E-state index in [-0.39, 0.29) is 17.2 Å². The Morgan fingerprint density at radius 1 is 0.909 bits per heavy atom. The van der Waals surface area contributed by atoms with Crippen molar-refractivity contribution in [1.82, 2.24) is 0 Å². The predicted molar refractivity (Wildman–Crippen MR) is 89.0 cm³/mol. The molecule has 1 aliphatic heterocycles. The van der Waals surface area contributed by atoms with Crippen LogP contribution in [0.2, 0.25) is 0 Å². The molecule has 0 bridgehead atoms. The number of anilines is 1. The largest absolute Gasteiger partial charge is 0.497 e. The number of nitrogens with zero attached hydrogens (tertiary/aromatic N) is 1. The van der Waals surface area contributed by atoms with Gasteiger partial charge in [-0.2, -0.15) is 12.6 Å². The SMILES string of the molecule is COc1ccc(C2C(S)C(=O)N2c2ccc(OC)cc2)cc1. The quantitative estimate of drug-likeness (QED) is 0.696. The van der Waals surface area contributed by atoms with E-state index in [1.807, 2.05) is 48.5 Å². The van der Waals surface area contributed by atoms with Crippen LogP contribution in [0.5, 0.6) is 11.5 Å². The lowest BCUT2D eigenvalue weighted by Crippen LogP contribution is -2.56. The third-order valence-electron chi connectivity index (χ3n) is 3.88. The number of β-lactam (4-membered cyclic amide) rings is 1. The van der Waals surface area contributed by atoms with Gasteiger partial charge in [-0.1, -0.05) is 12.1 Å².